The average molecular weight is 893 g/mol. The Morgan fingerprint density at radius 3 is 2.30 bits per heavy atom. The Morgan fingerprint density at radius 2 is 1.62 bits per heavy atom. The van der Waals surface area contributed by atoms with E-state index in [-0.39, 0.29) is 17.5 Å². The van der Waals surface area contributed by atoms with E-state index < -0.39 is 5.97 Å². The second kappa shape index (κ2) is 17.5. The fraction of sp³-hybridized carbons (Fsp3) is 0.429. The topological polar surface area (TPSA) is 118 Å². The van der Waals surface area contributed by atoms with Gasteiger partial charge in [0.25, 0.3) is 5.91 Å². The molecule has 0 spiro atoms. The number of morpholine rings is 1. The highest BCUT2D eigenvalue weighted by Crippen LogP contribution is 2.45. The molecule has 14 heteroatoms. The maximum Gasteiger partial charge on any atom is 0.335 e. The molecule has 3 aliphatic heterocycles. The normalized spacial score (nSPS) is 17.9. The maximum atomic E-state index is 15.3. The van der Waals surface area contributed by atoms with Gasteiger partial charge in [0.2, 0.25) is 0 Å². The van der Waals surface area contributed by atoms with Crippen LogP contribution < -0.4 is 9.64 Å². The second-order valence-corrected chi connectivity index (χ2v) is 18.4. The minimum absolute atomic E-state index is 0.156. The van der Waals surface area contributed by atoms with Crippen molar-refractivity contribution < 1.29 is 24.2 Å². The highest BCUT2D eigenvalue weighted by Gasteiger charge is 2.38. The lowest BCUT2D eigenvalue weighted by Gasteiger charge is -2.39. The minimum Gasteiger partial charge on any atom is -0.494 e. The lowest BCUT2D eigenvalue weighted by molar-refractivity contribution is 0.0000284. The minimum atomic E-state index is -1.02. The number of fused-ring (bicyclic) bond motifs is 4. The summed E-state index contributed by atoms with van der Waals surface area (Å²) in [5.41, 5.74) is 9.36. The van der Waals surface area contributed by atoms with Gasteiger partial charge in [-0.25, -0.2) is 14.8 Å². The Balaban J connectivity index is 1.09. The molecule has 0 bridgehead atoms. The molecule has 9 rings (SSSR count). The number of hydrogen-bond acceptors (Lipinski definition) is 8. The van der Waals surface area contributed by atoms with Crippen LogP contribution in [0.4, 0.5) is 5.69 Å². The first kappa shape index (κ1) is 43.3. The summed E-state index contributed by atoms with van der Waals surface area (Å²) in [6, 6.07) is 13.4. The van der Waals surface area contributed by atoms with Crippen molar-refractivity contribution in [1.29, 1.82) is 0 Å². The summed E-state index contributed by atoms with van der Waals surface area (Å²) < 4.78 is 16.0. The first-order valence-electron chi connectivity index (χ1n) is 22.1. The van der Waals surface area contributed by atoms with E-state index in [0.717, 1.165) is 124 Å². The number of carboxylic acid groups (broad SMARTS) is 1. The van der Waals surface area contributed by atoms with Crippen molar-refractivity contribution in [3.8, 4) is 16.9 Å². The predicted molar refractivity (Wildman–Crippen MR) is 249 cm³/mol. The fourth-order valence-corrected chi connectivity index (χ4v) is 10.7. The zero-order valence-corrected chi connectivity index (χ0v) is 38.4. The quantitative estimate of drug-likeness (QED) is 0.127. The number of halogens is 2. The van der Waals surface area contributed by atoms with Gasteiger partial charge in [-0.1, -0.05) is 29.3 Å². The van der Waals surface area contributed by atoms with E-state index in [4.69, 9.17) is 42.6 Å². The number of ether oxygens (including phenoxy) is 2. The number of carbonyl (C=O) groups excluding carboxylic acids is 1. The fourth-order valence-electron chi connectivity index (χ4n) is 10.3. The number of nitrogens with zero attached hydrogens (tertiary/aromatic N) is 7. The molecule has 3 aromatic carbocycles. The molecule has 0 saturated carbocycles. The molecule has 6 heterocycles. The molecular formula is C49H55Cl2N7O5. The third kappa shape index (κ3) is 8.10. The number of anilines is 1. The summed E-state index contributed by atoms with van der Waals surface area (Å²) in [4.78, 5) is 44.5. The van der Waals surface area contributed by atoms with E-state index in [9.17, 15) is 9.90 Å². The zero-order valence-electron chi connectivity index (χ0n) is 36.9. The van der Waals surface area contributed by atoms with Crippen LogP contribution in [0.25, 0.3) is 32.9 Å². The van der Waals surface area contributed by atoms with E-state index in [1.807, 2.05) is 74.7 Å². The molecule has 1 N–H and O–H groups in total. The van der Waals surface area contributed by atoms with Crippen LogP contribution in [0.1, 0.15) is 87.0 Å². The van der Waals surface area contributed by atoms with Gasteiger partial charge in [0.05, 0.1) is 48.2 Å². The molecular weight excluding hydrogens is 837 g/mol. The van der Waals surface area contributed by atoms with Crippen LogP contribution in [0.2, 0.25) is 10.0 Å². The highest BCUT2D eigenvalue weighted by molar-refractivity contribution is 6.35. The van der Waals surface area contributed by atoms with Crippen LogP contribution in [-0.2, 0) is 24.8 Å². The molecule has 1 atom stereocenters. The van der Waals surface area contributed by atoms with Crippen LogP contribution in [0.15, 0.2) is 48.7 Å². The molecule has 0 unspecified atom stereocenters. The largest absolute Gasteiger partial charge is 0.494 e. The number of piperidine rings is 1. The van der Waals surface area contributed by atoms with Crippen LogP contribution in [0.5, 0.6) is 5.75 Å². The summed E-state index contributed by atoms with van der Waals surface area (Å²) in [6.07, 6.45) is 5.37. The molecule has 2 fully saturated rings. The third-order valence-corrected chi connectivity index (χ3v) is 14.3. The van der Waals surface area contributed by atoms with Gasteiger partial charge in [0.15, 0.2) is 0 Å². The Kier molecular flexibility index (Phi) is 12.0. The van der Waals surface area contributed by atoms with Gasteiger partial charge in [0, 0.05) is 102 Å². The lowest BCUT2D eigenvalue weighted by atomic mass is 9.97. The van der Waals surface area contributed by atoms with Crippen molar-refractivity contribution >= 4 is 62.6 Å². The second-order valence-electron chi connectivity index (χ2n) is 17.6. The first-order valence-corrected chi connectivity index (χ1v) is 22.8. The number of amides is 1. The molecule has 3 aliphatic rings. The van der Waals surface area contributed by atoms with Gasteiger partial charge in [-0.15, -0.1) is 0 Å². The molecule has 0 aliphatic carbocycles. The molecule has 3 aromatic heterocycles. The molecule has 1 amide bonds. The summed E-state index contributed by atoms with van der Waals surface area (Å²) in [5.74, 6) is 0.379. The van der Waals surface area contributed by atoms with Gasteiger partial charge >= 0.3 is 5.97 Å². The van der Waals surface area contributed by atoms with Crippen molar-refractivity contribution in [2.75, 3.05) is 57.4 Å². The van der Waals surface area contributed by atoms with Crippen molar-refractivity contribution in [1.82, 2.24) is 28.9 Å². The van der Waals surface area contributed by atoms with Crippen LogP contribution in [0, 0.1) is 27.7 Å². The number of aryl methyl sites for hydroxylation is 6. The smallest absolute Gasteiger partial charge is 0.335 e. The van der Waals surface area contributed by atoms with Crippen molar-refractivity contribution in [3.05, 3.63) is 104 Å². The van der Waals surface area contributed by atoms with Gasteiger partial charge < -0.3 is 28.6 Å². The first-order chi connectivity index (χ1) is 30.3. The predicted octanol–water partition coefficient (Wildman–Crippen LogP) is 9.36. The Hall–Kier alpha value is -4.98. The van der Waals surface area contributed by atoms with Crippen LogP contribution in [-0.4, -0.2) is 104 Å². The van der Waals surface area contributed by atoms with Crippen LogP contribution in [0.3, 0.4) is 0 Å². The number of aromatic carboxylic acids is 1. The number of likely N-dealkylation sites (tertiary alicyclic amines) is 1. The number of hydrogen-bond donors (Lipinski definition) is 1. The molecule has 6 aromatic rings. The van der Waals surface area contributed by atoms with Crippen molar-refractivity contribution in [3.63, 3.8) is 0 Å². The number of aromatic nitrogens is 4. The lowest BCUT2D eigenvalue weighted by Crippen LogP contribution is -2.48. The standard InChI is InChI=1S/C49H55Cl2N7O5/c1-28-22-35(23-29(2)45(28)51)63-19-7-8-36-37-10-11-39(50)44(43-31(4)52-42(53-32(43)5)27-55-15-13-34(14-16-55)56-17-20-62-21-18-56)46(37)58-30(3)25-57(48(59)47(36)58)41-26-54(6)40-12-9-33(49(60)61)24-38(40)41/h9-12,22-24,26,30,34H,7-8,13-21,25,27H2,1-6H3,(H,60,61)/t30-/m1/s1. The third-order valence-electron chi connectivity index (χ3n) is 13.4. The van der Waals surface area contributed by atoms with E-state index in [1.54, 1.807) is 18.2 Å². The number of carbonyl (C=O) groups is 2. The van der Waals surface area contributed by atoms with E-state index in [2.05, 4.69) is 21.3 Å². The number of benzene rings is 3. The van der Waals surface area contributed by atoms with Gasteiger partial charge in [-0.05, 0) is 113 Å². The molecule has 330 valence electrons. The zero-order chi connectivity index (χ0) is 44.3. The van der Waals surface area contributed by atoms with E-state index in [0.29, 0.717) is 60.4 Å². The Bertz CT molecular complexity index is 2720. The van der Waals surface area contributed by atoms with Crippen molar-refractivity contribution in [2.45, 2.75) is 78.9 Å². The summed E-state index contributed by atoms with van der Waals surface area (Å²) in [6.45, 7) is 17.3. The van der Waals surface area contributed by atoms with Gasteiger partial charge in [-0.2, -0.15) is 0 Å². The molecule has 2 saturated heterocycles. The Labute approximate surface area is 378 Å². The SMILES string of the molecule is Cc1cc(OCCCc2c3n(c4c(-c5c(C)nc(CN6CCC(N7CCOCC7)CC6)nc5C)c(Cl)ccc24)[C@H](C)CN(c2cn(C)c4ccc(C(=O)O)cc24)C3=O)cc(C)c1Cl. The van der Waals surface area contributed by atoms with Gasteiger partial charge in [0.1, 0.15) is 17.3 Å². The molecule has 12 nitrogen and oxygen atoms in total. The summed E-state index contributed by atoms with van der Waals surface area (Å²) in [5, 5.41) is 12.8. The van der Waals surface area contributed by atoms with E-state index in [1.165, 1.54) is 0 Å². The summed E-state index contributed by atoms with van der Waals surface area (Å²) in [7, 11) is 1.91. The maximum absolute atomic E-state index is 15.3. The van der Waals surface area contributed by atoms with Crippen LogP contribution >= 0.6 is 23.2 Å². The monoisotopic (exact) mass is 891 g/mol. The molecule has 63 heavy (non-hydrogen) atoms. The average Bonchev–Trinajstić information content (AvgIpc) is 3.78. The number of rotatable bonds is 11. The molecule has 0 radical (unpaired) electrons. The number of carboxylic acids is 1. The highest BCUT2D eigenvalue weighted by atomic mass is 35.5. The van der Waals surface area contributed by atoms with Gasteiger partial charge in [-0.3, -0.25) is 14.6 Å². The summed E-state index contributed by atoms with van der Waals surface area (Å²) >= 11 is 13.7. The van der Waals surface area contributed by atoms with Crippen molar-refractivity contribution in [2.24, 2.45) is 7.05 Å². The van der Waals surface area contributed by atoms with E-state index >= 15 is 4.79 Å². The Morgan fingerprint density at radius 1 is 0.921 bits per heavy atom.